The van der Waals surface area contributed by atoms with E-state index in [1.807, 2.05) is 0 Å². The zero-order valence-electron chi connectivity index (χ0n) is 8.09. The zero-order chi connectivity index (χ0) is 8.97. The molecule has 1 aromatic carbocycles. The van der Waals surface area contributed by atoms with E-state index in [4.69, 9.17) is 0 Å². The van der Waals surface area contributed by atoms with Crippen LogP contribution in [0.2, 0.25) is 0 Å². The van der Waals surface area contributed by atoms with Gasteiger partial charge in [0.05, 0.1) is 0 Å². The Kier molecular flexibility index (Phi) is 3.09. The van der Waals surface area contributed by atoms with E-state index in [9.17, 15) is 0 Å². The molecule has 0 atom stereocenters. The van der Waals surface area contributed by atoms with Crippen molar-refractivity contribution in [2.45, 2.75) is 27.2 Å². The van der Waals surface area contributed by atoms with Crippen molar-refractivity contribution in [1.29, 1.82) is 0 Å². The monoisotopic (exact) mass is 160 g/mol. The quantitative estimate of drug-likeness (QED) is 0.581. The van der Waals surface area contributed by atoms with Crippen LogP contribution in [0.1, 0.15) is 25.0 Å². The molecule has 64 valence electrons. The average molecular weight is 160 g/mol. The first-order valence-corrected chi connectivity index (χ1v) is 4.39. The first kappa shape index (κ1) is 9.05. The molecule has 0 spiro atoms. The second kappa shape index (κ2) is 4.10. The summed E-state index contributed by atoms with van der Waals surface area (Å²) in [4.78, 5) is 0. The van der Waals surface area contributed by atoms with Crippen LogP contribution >= 0.6 is 0 Å². The molecule has 0 amide bonds. The maximum absolute atomic E-state index is 2.24. The topological polar surface area (TPSA) is 0 Å². The van der Waals surface area contributed by atoms with Gasteiger partial charge in [-0.25, -0.2) is 0 Å². The molecule has 1 rings (SSSR count). The van der Waals surface area contributed by atoms with Crippen LogP contribution in [0.15, 0.2) is 35.9 Å². The highest BCUT2D eigenvalue weighted by atomic mass is 14.0. The van der Waals surface area contributed by atoms with Crippen molar-refractivity contribution in [1.82, 2.24) is 0 Å². The van der Waals surface area contributed by atoms with Gasteiger partial charge in [0.15, 0.2) is 0 Å². The lowest BCUT2D eigenvalue weighted by Gasteiger charge is -2.01. The highest BCUT2D eigenvalue weighted by Crippen LogP contribution is 2.09. The van der Waals surface area contributed by atoms with Crippen molar-refractivity contribution in [2.75, 3.05) is 0 Å². The van der Waals surface area contributed by atoms with Crippen molar-refractivity contribution in [3.05, 3.63) is 47.0 Å². The number of allylic oxidation sites excluding steroid dienone is 2. The summed E-state index contributed by atoms with van der Waals surface area (Å²) in [5.74, 6) is 0. The van der Waals surface area contributed by atoms with Gasteiger partial charge in [-0.2, -0.15) is 0 Å². The van der Waals surface area contributed by atoms with E-state index in [1.54, 1.807) is 0 Å². The Hall–Kier alpha value is -1.04. The second-order valence-electron chi connectivity index (χ2n) is 3.30. The van der Waals surface area contributed by atoms with Crippen LogP contribution in [0.5, 0.6) is 0 Å². The summed E-state index contributed by atoms with van der Waals surface area (Å²) in [6, 6.07) is 8.68. The molecule has 0 nitrogen and oxygen atoms in total. The van der Waals surface area contributed by atoms with Crippen LogP contribution in [0, 0.1) is 6.92 Å². The number of aryl methyl sites for hydroxylation is 1. The third-order valence-corrected chi connectivity index (χ3v) is 2.06. The molecule has 0 aliphatic heterocycles. The van der Waals surface area contributed by atoms with E-state index >= 15 is 0 Å². The van der Waals surface area contributed by atoms with E-state index in [1.165, 1.54) is 16.7 Å². The van der Waals surface area contributed by atoms with Gasteiger partial charge < -0.3 is 0 Å². The van der Waals surface area contributed by atoms with Crippen molar-refractivity contribution in [3.8, 4) is 0 Å². The summed E-state index contributed by atoms with van der Waals surface area (Å²) >= 11 is 0. The highest BCUT2D eigenvalue weighted by Gasteiger charge is 1.93. The van der Waals surface area contributed by atoms with Gasteiger partial charge in [0.25, 0.3) is 0 Å². The normalized spacial score (nSPS) is 11.8. The molecule has 0 N–H and O–H groups in total. The van der Waals surface area contributed by atoms with Gasteiger partial charge in [-0.05, 0) is 32.8 Å². The maximum atomic E-state index is 2.24. The van der Waals surface area contributed by atoms with Gasteiger partial charge in [-0.1, -0.05) is 41.5 Å². The minimum absolute atomic E-state index is 1.08. The van der Waals surface area contributed by atoms with E-state index in [-0.39, 0.29) is 0 Å². The lowest BCUT2D eigenvalue weighted by molar-refractivity contribution is 1.13. The fourth-order valence-corrected chi connectivity index (χ4v) is 1.25. The van der Waals surface area contributed by atoms with Crippen molar-refractivity contribution in [2.24, 2.45) is 0 Å². The molecule has 0 aliphatic carbocycles. The Balaban J connectivity index is 2.76. The summed E-state index contributed by atoms with van der Waals surface area (Å²) in [5.41, 5.74) is 4.18. The molecule has 0 heterocycles. The molecule has 0 fully saturated rings. The highest BCUT2D eigenvalue weighted by molar-refractivity contribution is 5.25. The number of hydrogen-bond acceptors (Lipinski definition) is 0. The average Bonchev–Trinajstić information content (AvgIpc) is 2.04. The molecule has 0 bridgehead atoms. The molecule has 0 unspecified atom stereocenters. The van der Waals surface area contributed by atoms with Gasteiger partial charge in [-0.3, -0.25) is 0 Å². The Morgan fingerprint density at radius 1 is 1.42 bits per heavy atom. The Morgan fingerprint density at radius 3 is 2.75 bits per heavy atom. The maximum Gasteiger partial charge on any atom is -0.00699 e. The number of rotatable bonds is 2. The minimum atomic E-state index is 1.08. The predicted molar refractivity (Wildman–Crippen MR) is 54.3 cm³/mol. The van der Waals surface area contributed by atoms with E-state index in [0.29, 0.717) is 0 Å². The Bertz CT molecular complexity index is 282. The summed E-state index contributed by atoms with van der Waals surface area (Å²) in [7, 11) is 0. The SMILES string of the molecule is C/C=C(/C)Cc1cccc(C)c1. The Morgan fingerprint density at radius 2 is 2.17 bits per heavy atom. The van der Waals surface area contributed by atoms with Gasteiger partial charge in [0.1, 0.15) is 0 Å². The van der Waals surface area contributed by atoms with Crippen molar-refractivity contribution < 1.29 is 0 Å². The summed E-state index contributed by atoms with van der Waals surface area (Å²) in [6.45, 7) is 6.39. The van der Waals surface area contributed by atoms with Crippen molar-refractivity contribution >= 4 is 0 Å². The standard InChI is InChI=1S/C12H16/c1-4-10(2)8-12-7-5-6-11(3)9-12/h4-7,9H,8H2,1-3H3/b10-4-. The third kappa shape index (κ3) is 2.54. The molecule has 0 radical (unpaired) electrons. The van der Waals surface area contributed by atoms with Crippen LogP contribution in [-0.2, 0) is 6.42 Å². The van der Waals surface area contributed by atoms with Crippen LogP contribution < -0.4 is 0 Å². The van der Waals surface area contributed by atoms with Gasteiger partial charge in [0, 0.05) is 0 Å². The summed E-state index contributed by atoms with van der Waals surface area (Å²) in [5, 5.41) is 0. The fourth-order valence-electron chi connectivity index (χ4n) is 1.25. The first-order chi connectivity index (χ1) is 5.72. The van der Waals surface area contributed by atoms with E-state index in [0.717, 1.165) is 6.42 Å². The molecule has 0 saturated carbocycles. The second-order valence-corrected chi connectivity index (χ2v) is 3.30. The van der Waals surface area contributed by atoms with Crippen LogP contribution in [0.25, 0.3) is 0 Å². The van der Waals surface area contributed by atoms with Gasteiger partial charge >= 0.3 is 0 Å². The van der Waals surface area contributed by atoms with E-state index < -0.39 is 0 Å². The Labute approximate surface area is 74.9 Å². The molecule has 0 aromatic heterocycles. The molecule has 0 saturated heterocycles. The van der Waals surface area contributed by atoms with Crippen LogP contribution in [0.4, 0.5) is 0 Å². The predicted octanol–water partition coefficient (Wildman–Crippen LogP) is 3.50. The lowest BCUT2D eigenvalue weighted by atomic mass is 10.0. The van der Waals surface area contributed by atoms with Crippen molar-refractivity contribution in [3.63, 3.8) is 0 Å². The molecule has 1 aromatic rings. The van der Waals surface area contributed by atoms with Gasteiger partial charge in [-0.15, -0.1) is 0 Å². The summed E-state index contributed by atoms with van der Waals surface area (Å²) < 4.78 is 0. The molecule has 0 aliphatic rings. The number of hydrogen-bond donors (Lipinski definition) is 0. The first-order valence-electron chi connectivity index (χ1n) is 4.39. The lowest BCUT2D eigenvalue weighted by Crippen LogP contribution is -1.86. The minimum Gasteiger partial charge on any atom is -0.0884 e. The smallest absolute Gasteiger partial charge is 0.00699 e. The van der Waals surface area contributed by atoms with Crippen LogP contribution in [0.3, 0.4) is 0 Å². The van der Waals surface area contributed by atoms with E-state index in [2.05, 4.69) is 51.1 Å². The third-order valence-electron chi connectivity index (χ3n) is 2.06. The molecular weight excluding hydrogens is 144 g/mol. The molecule has 0 heteroatoms. The van der Waals surface area contributed by atoms with Gasteiger partial charge in [0.2, 0.25) is 0 Å². The summed E-state index contributed by atoms with van der Waals surface area (Å²) in [6.07, 6.45) is 3.25. The largest absolute Gasteiger partial charge is 0.0884 e. The van der Waals surface area contributed by atoms with Crippen LogP contribution in [-0.4, -0.2) is 0 Å². The number of benzene rings is 1. The fraction of sp³-hybridized carbons (Fsp3) is 0.333. The molecule has 12 heavy (non-hydrogen) atoms. The zero-order valence-corrected chi connectivity index (χ0v) is 8.09. The molecular formula is C12H16.